The molecule has 0 N–H and O–H groups in total. The van der Waals surface area contributed by atoms with Gasteiger partial charge in [-0.25, -0.2) is 0 Å². The van der Waals surface area contributed by atoms with Crippen molar-refractivity contribution in [3.05, 3.63) is 0 Å². The molecule has 0 aliphatic heterocycles. The van der Waals surface area contributed by atoms with Crippen molar-refractivity contribution in [2.45, 2.75) is 73.0 Å². The largest absolute Gasteiger partial charge is 0.382 e. The van der Waals surface area contributed by atoms with Crippen LogP contribution < -0.4 is 0 Å². The lowest BCUT2D eigenvalue weighted by Crippen LogP contribution is -2.14. The summed E-state index contributed by atoms with van der Waals surface area (Å²) in [7, 11) is 0. The first kappa shape index (κ1) is 17.3. The van der Waals surface area contributed by atoms with Gasteiger partial charge in [0.05, 0.1) is 12.2 Å². The third-order valence-corrected chi connectivity index (χ3v) is 2.17. The summed E-state index contributed by atoms with van der Waals surface area (Å²) in [6.45, 7) is 14.4. The molecule has 2 heteroatoms. The highest BCUT2D eigenvalue weighted by molar-refractivity contribution is 4.50. The highest BCUT2D eigenvalue weighted by Crippen LogP contribution is 2.03. The zero-order chi connectivity index (χ0) is 12.1. The van der Waals surface area contributed by atoms with Crippen LogP contribution in [0.15, 0.2) is 0 Å². The molecule has 0 spiro atoms. The summed E-state index contributed by atoms with van der Waals surface area (Å²) in [5.41, 5.74) is 0. The van der Waals surface area contributed by atoms with Crippen LogP contribution >= 0.6 is 0 Å². The van der Waals surface area contributed by atoms with Gasteiger partial charge < -0.3 is 9.47 Å². The van der Waals surface area contributed by atoms with E-state index < -0.39 is 0 Å². The number of hydrogen-bond acceptors (Lipinski definition) is 2. The van der Waals surface area contributed by atoms with Gasteiger partial charge in [-0.2, -0.15) is 0 Å². The normalized spacial score (nSPS) is 14.0. The molecule has 2 atom stereocenters. The van der Waals surface area contributed by atoms with Gasteiger partial charge in [0.25, 0.3) is 0 Å². The molecular weight excluding hydrogens is 188 g/mol. The topological polar surface area (TPSA) is 18.5 Å². The summed E-state index contributed by atoms with van der Waals surface area (Å²) >= 11 is 0. The molecule has 2 nitrogen and oxygen atoms in total. The molecule has 0 radical (unpaired) electrons. The van der Waals surface area contributed by atoms with Crippen LogP contribution in [0.4, 0.5) is 0 Å². The zero-order valence-corrected chi connectivity index (χ0v) is 11.5. The Morgan fingerprint density at radius 3 is 1.53 bits per heavy atom. The lowest BCUT2D eigenvalue weighted by molar-refractivity contribution is 0.00511. The second-order valence-corrected chi connectivity index (χ2v) is 3.77. The molecule has 0 bridgehead atoms. The molecule has 0 rings (SSSR count). The van der Waals surface area contributed by atoms with Crippen molar-refractivity contribution in [3.63, 3.8) is 0 Å². The molecule has 0 heterocycles. The molecular formula is C13H30O2. The van der Waals surface area contributed by atoms with Crippen molar-refractivity contribution >= 4 is 0 Å². The van der Waals surface area contributed by atoms with Gasteiger partial charge >= 0.3 is 0 Å². The minimum absolute atomic E-state index is 0.431. The molecule has 0 saturated carbocycles. The summed E-state index contributed by atoms with van der Waals surface area (Å²) in [6, 6.07) is 0. The summed E-state index contributed by atoms with van der Waals surface area (Å²) in [5.74, 6) is 0. The van der Waals surface area contributed by atoms with Crippen LogP contribution in [0.25, 0.3) is 0 Å². The Bertz CT molecular complexity index is 92.7. The quantitative estimate of drug-likeness (QED) is 0.601. The molecule has 0 aromatic rings. The van der Waals surface area contributed by atoms with Gasteiger partial charge in [-0.3, -0.25) is 0 Å². The molecule has 0 amide bonds. The predicted molar refractivity (Wildman–Crippen MR) is 67.4 cm³/mol. The molecule has 0 aromatic carbocycles. The third kappa shape index (κ3) is 16.6. The van der Waals surface area contributed by atoms with E-state index in [1.807, 2.05) is 6.92 Å². The first-order chi connectivity index (χ1) is 7.12. The summed E-state index contributed by atoms with van der Waals surface area (Å²) in [4.78, 5) is 0. The second kappa shape index (κ2) is 13.9. The van der Waals surface area contributed by atoms with Crippen LogP contribution in [0.1, 0.15) is 60.8 Å². The van der Waals surface area contributed by atoms with Crippen LogP contribution in [-0.2, 0) is 9.47 Å². The van der Waals surface area contributed by atoms with E-state index in [0.29, 0.717) is 12.2 Å². The molecule has 2 unspecified atom stereocenters. The van der Waals surface area contributed by atoms with Crippen LogP contribution in [0.3, 0.4) is 0 Å². The van der Waals surface area contributed by atoms with E-state index in [2.05, 4.69) is 34.6 Å². The minimum atomic E-state index is 0.431. The maximum absolute atomic E-state index is 5.55. The Morgan fingerprint density at radius 2 is 1.33 bits per heavy atom. The lowest BCUT2D eigenvalue weighted by Gasteiger charge is -2.15. The molecule has 0 saturated heterocycles. The zero-order valence-electron chi connectivity index (χ0n) is 11.5. The number of ether oxygens (including phenoxy) is 2. The van der Waals surface area contributed by atoms with Gasteiger partial charge in [-0.1, -0.05) is 20.8 Å². The molecule has 15 heavy (non-hydrogen) atoms. The predicted octanol–water partition coefficient (Wildman–Crippen LogP) is 4.03. The van der Waals surface area contributed by atoms with E-state index in [9.17, 15) is 0 Å². The van der Waals surface area contributed by atoms with E-state index >= 15 is 0 Å². The summed E-state index contributed by atoms with van der Waals surface area (Å²) in [5, 5.41) is 0. The SMILES string of the molecule is CCC(C)OC(C)CC.CCCOCC. The Balaban J connectivity index is 0. The average Bonchev–Trinajstić information content (AvgIpc) is 2.26. The Morgan fingerprint density at radius 1 is 0.867 bits per heavy atom. The van der Waals surface area contributed by atoms with Crippen molar-refractivity contribution < 1.29 is 9.47 Å². The van der Waals surface area contributed by atoms with E-state index in [4.69, 9.17) is 9.47 Å². The Hall–Kier alpha value is -0.0800. The smallest absolute Gasteiger partial charge is 0.0548 e. The summed E-state index contributed by atoms with van der Waals surface area (Å²) < 4.78 is 10.5. The van der Waals surface area contributed by atoms with E-state index in [-0.39, 0.29) is 0 Å². The Labute approximate surface area is 96.4 Å². The monoisotopic (exact) mass is 218 g/mol. The van der Waals surface area contributed by atoms with E-state index in [1.165, 1.54) is 0 Å². The Kier molecular flexibility index (Phi) is 16.1. The minimum Gasteiger partial charge on any atom is -0.382 e. The van der Waals surface area contributed by atoms with Gasteiger partial charge in [-0.05, 0) is 40.0 Å². The fourth-order valence-electron chi connectivity index (χ4n) is 0.878. The van der Waals surface area contributed by atoms with Crippen LogP contribution in [0, 0.1) is 0 Å². The fourth-order valence-corrected chi connectivity index (χ4v) is 0.878. The van der Waals surface area contributed by atoms with E-state index in [0.717, 1.165) is 32.5 Å². The number of rotatable bonds is 7. The maximum atomic E-state index is 5.55. The molecule has 0 aromatic heterocycles. The van der Waals surface area contributed by atoms with Crippen LogP contribution in [0.2, 0.25) is 0 Å². The molecule has 0 aliphatic carbocycles. The van der Waals surface area contributed by atoms with Crippen molar-refractivity contribution in [1.82, 2.24) is 0 Å². The van der Waals surface area contributed by atoms with Gasteiger partial charge in [-0.15, -0.1) is 0 Å². The average molecular weight is 218 g/mol. The highest BCUT2D eigenvalue weighted by Gasteiger charge is 2.02. The van der Waals surface area contributed by atoms with Crippen molar-refractivity contribution in [1.29, 1.82) is 0 Å². The summed E-state index contributed by atoms with van der Waals surface area (Å²) in [6.07, 6.45) is 4.22. The van der Waals surface area contributed by atoms with Crippen LogP contribution in [-0.4, -0.2) is 25.4 Å². The van der Waals surface area contributed by atoms with Crippen LogP contribution in [0.5, 0.6) is 0 Å². The maximum Gasteiger partial charge on any atom is 0.0548 e. The van der Waals surface area contributed by atoms with Crippen molar-refractivity contribution in [2.75, 3.05) is 13.2 Å². The van der Waals surface area contributed by atoms with Crippen molar-refractivity contribution in [2.24, 2.45) is 0 Å². The first-order valence-electron chi connectivity index (χ1n) is 6.35. The van der Waals surface area contributed by atoms with Gasteiger partial charge in [0.15, 0.2) is 0 Å². The standard InChI is InChI=1S/C8H18O.C5H12O/c1-5-7(3)9-8(4)6-2;1-3-5-6-4-2/h7-8H,5-6H2,1-4H3;3-5H2,1-2H3. The fraction of sp³-hybridized carbons (Fsp3) is 1.00. The van der Waals surface area contributed by atoms with Crippen molar-refractivity contribution in [3.8, 4) is 0 Å². The molecule has 94 valence electrons. The molecule has 0 fully saturated rings. The molecule has 0 aliphatic rings. The number of hydrogen-bond donors (Lipinski definition) is 0. The van der Waals surface area contributed by atoms with Gasteiger partial charge in [0, 0.05) is 13.2 Å². The highest BCUT2D eigenvalue weighted by atomic mass is 16.5. The van der Waals surface area contributed by atoms with Gasteiger partial charge in [0.2, 0.25) is 0 Å². The lowest BCUT2D eigenvalue weighted by atomic mass is 10.3. The van der Waals surface area contributed by atoms with Gasteiger partial charge in [0.1, 0.15) is 0 Å². The first-order valence-corrected chi connectivity index (χ1v) is 6.35. The van der Waals surface area contributed by atoms with E-state index in [1.54, 1.807) is 0 Å². The second-order valence-electron chi connectivity index (χ2n) is 3.77. The third-order valence-electron chi connectivity index (χ3n) is 2.17.